The largest absolute Gasteiger partial charge is 0.508 e. The molecule has 0 saturated heterocycles. The molecule has 1 aromatic carbocycles. The van der Waals surface area contributed by atoms with Crippen LogP contribution in [0.3, 0.4) is 0 Å². The van der Waals surface area contributed by atoms with Gasteiger partial charge in [-0.1, -0.05) is 0 Å². The van der Waals surface area contributed by atoms with Gasteiger partial charge in [0.2, 0.25) is 0 Å². The topological polar surface area (TPSA) is 89.4 Å². The molecule has 88 valence electrons. The number of hydrogen-bond donors (Lipinski definition) is 2. The summed E-state index contributed by atoms with van der Waals surface area (Å²) in [5.41, 5.74) is 3.55. The molecule has 0 aliphatic rings. The number of nitro groups is 1. The Kier molecular flexibility index (Phi) is 3.04. The second kappa shape index (κ2) is 3.97. The number of nitrogens with zero attached hydrogens (tertiary/aromatic N) is 1. The van der Waals surface area contributed by atoms with E-state index < -0.39 is 34.1 Å². The van der Waals surface area contributed by atoms with Crippen molar-refractivity contribution < 1.29 is 23.2 Å². The first kappa shape index (κ1) is 12.2. The van der Waals surface area contributed by atoms with Crippen molar-refractivity contribution in [3.63, 3.8) is 0 Å². The predicted molar refractivity (Wildman–Crippen MR) is 47.7 cm³/mol. The minimum atomic E-state index is -4.77. The summed E-state index contributed by atoms with van der Waals surface area (Å²) >= 11 is 0. The summed E-state index contributed by atoms with van der Waals surface area (Å²) in [6.45, 7) is 0. The van der Waals surface area contributed by atoms with Gasteiger partial charge >= 0.3 is 6.18 Å². The van der Waals surface area contributed by atoms with Crippen molar-refractivity contribution in [3.8, 4) is 5.75 Å². The van der Waals surface area contributed by atoms with Gasteiger partial charge in [-0.15, -0.1) is 0 Å². The van der Waals surface area contributed by atoms with Crippen molar-refractivity contribution in [1.82, 2.24) is 0 Å². The summed E-state index contributed by atoms with van der Waals surface area (Å²) in [5, 5.41) is 19.5. The van der Waals surface area contributed by atoms with Gasteiger partial charge in [0.1, 0.15) is 11.8 Å². The zero-order chi connectivity index (χ0) is 12.5. The minimum Gasteiger partial charge on any atom is -0.508 e. The molecule has 0 fully saturated rings. The summed E-state index contributed by atoms with van der Waals surface area (Å²) in [6.07, 6.45) is -4.77. The van der Waals surface area contributed by atoms with Crippen LogP contribution in [0.1, 0.15) is 11.6 Å². The lowest BCUT2D eigenvalue weighted by molar-refractivity contribution is -0.385. The van der Waals surface area contributed by atoms with Crippen molar-refractivity contribution in [2.45, 2.75) is 12.2 Å². The van der Waals surface area contributed by atoms with E-state index in [9.17, 15) is 23.3 Å². The van der Waals surface area contributed by atoms with E-state index in [1.54, 1.807) is 0 Å². The lowest BCUT2D eigenvalue weighted by Gasteiger charge is -2.16. The van der Waals surface area contributed by atoms with Crippen molar-refractivity contribution in [3.05, 3.63) is 33.9 Å². The van der Waals surface area contributed by atoms with Crippen molar-refractivity contribution in [1.29, 1.82) is 0 Å². The number of benzene rings is 1. The zero-order valence-electron chi connectivity index (χ0n) is 7.73. The Hall–Kier alpha value is -1.83. The van der Waals surface area contributed by atoms with Crippen LogP contribution in [0.2, 0.25) is 0 Å². The van der Waals surface area contributed by atoms with Gasteiger partial charge in [-0.25, -0.2) is 0 Å². The van der Waals surface area contributed by atoms with Crippen molar-refractivity contribution in [2.24, 2.45) is 5.73 Å². The van der Waals surface area contributed by atoms with Gasteiger partial charge in [-0.05, 0) is 6.07 Å². The Bertz CT molecular complexity index is 419. The molecule has 0 spiro atoms. The van der Waals surface area contributed by atoms with E-state index in [1.807, 2.05) is 0 Å². The van der Waals surface area contributed by atoms with E-state index in [0.717, 1.165) is 12.1 Å². The van der Waals surface area contributed by atoms with Crippen LogP contribution in [0.25, 0.3) is 0 Å². The standard InChI is InChI=1S/C8H7F3N2O3/c9-8(10,11)7(12)5-3-4(13(15)16)1-2-6(5)14/h1-3,7,14H,12H2. The van der Waals surface area contributed by atoms with Gasteiger partial charge < -0.3 is 10.8 Å². The quantitative estimate of drug-likeness (QED) is 0.605. The fourth-order valence-electron chi connectivity index (χ4n) is 1.08. The summed E-state index contributed by atoms with van der Waals surface area (Å²) in [5.74, 6) is -0.726. The molecule has 0 amide bonds. The Balaban J connectivity index is 3.22. The Morgan fingerprint density at radius 2 is 2.00 bits per heavy atom. The van der Waals surface area contributed by atoms with Crippen LogP contribution in [0.4, 0.5) is 18.9 Å². The van der Waals surface area contributed by atoms with Crippen LogP contribution in [-0.4, -0.2) is 16.2 Å². The minimum absolute atomic E-state index is 0.563. The molecule has 0 heterocycles. The van der Waals surface area contributed by atoms with E-state index >= 15 is 0 Å². The van der Waals surface area contributed by atoms with Gasteiger partial charge in [-0.2, -0.15) is 13.2 Å². The fourth-order valence-corrected chi connectivity index (χ4v) is 1.08. The number of nitro benzene ring substituents is 1. The first-order valence-electron chi connectivity index (χ1n) is 4.03. The molecule has 0 saturated carbocycles. The number of alkyl halides is 3. The summed E-state index contributed by atoms with van der Waals surface area (Å²) in [4.78, 5) is 9.47. The maximum absolute atomic E-state index is 12.2. The molecule has 0 aromatic heterocycles. The van der Waals surface area contributed by atoms with Gasteiger partial charge in [0.15, 0.2) is 0 Å². The smallest absolute Gasteiger partial charge is 0.407 e. The molecule has 1 rings (SSSR count). The molecule has 8 heteroatoms. The number of nitrogens with two attached hydrogens (primary N) is 1. The van der Waals surface area contributed by atoms with Crippen LogP contribution >= 0.6 is 0 Å². The van der Waals surface area contributed by atoms with Gasteiger partial charge in [0.25, 0.3) is 5.69 Å². The normalized spacial score (nSPS) is 13.5. The second-order valence-electron chi connectivity index (χ2n) is 3.02. The van der Waals surface area contributed by atoms with E-state index in [0.29, 0.717) is 6.07 Å². The molecule has 0 aliphatic heterocycles. The van der Waals surface area contributed by atoms with Crippen molar-refractivity contribution in [2.75, 3.05) is 0 Å². The molecule has 5 nitrogen and oxygen atoms in total. The van der Waals surface area contributed by atoms with Gasteiger partial charge in [0, 0.05) is 17.7 Å². The highest BCUT2D eigenvalue weighted by molar-refractivity contribution is 5.45. The van der Waals surface area contributed by atoms with Crippen LogP contribution in [0, 0.1) is 10.1 Å². The van der Waals surface area contributed by atoms with Crippen molar-refractivity contribution >= 4 is 5.69 Å². The maximum Gasteiger partial charge on any atom is 0.407 e. The first-order chi connectivity index (χ1) is 7.23. The SMILES string of the molecule is NC(c1cc([N+](=O)[O-])ccc1O)C(F)(F)F. The van der Waals surface area contributed by atoms with Crippen LogP contribution in [0.5, 0.6) is 5.75 Å². The number of hydrogen-bond acceptors (Lipinski definition) is 4. The number of phenols is 1. The Morgan fingerprint density at radius 3 is 2.44 bits per heavy atom. The molecule has 1 aromatic rings. The summed E-state index contributed by atoms with van der Waals surface area (Å²) in [7, 11) is 0. The number of non-ortho nitro benzene ring substituents is 1. The molecule has 1 unspecified atom stereocenters. The average molecular weight is 236 g/mol. The second-order valence-corrected chi connectivity index (χ2v) is 3.02. The highest BCUT2D eigenvalue weighted by atomic mass is 19.4. The third kappa shape index (κ3) is 2.40. The molecule has 0 radical (unpaired) electrons. The number of phenolic OH excluding ortho intramolecular Hbond substituents is 1. The summed E-state index contributed by atoms with van der Waals surface area (Å²) in [6, 6.07) is -0.151. The van der Waals surface area contributed by atoms with E-state index in [4.69, 9.17) is 10.8 Å². The number of aromatic hydroxyl groups is 1. The Labute approximate surface area is 87.4 Å². The average Bonchev–Trinajstić information content (AvgIpc) is 2.15. The Morgan fingerprint density at radius 1 is 1.44 bits per heavy atom. The van der Waals surface area contributed by atoms with E-state index in [2.05, 4.69) is 0 Å². The molecular weight excluding hydrogens is 229 g/mol. The van der Waals surface area contributed by atoms with E-state index in [-0.39, 0.29) is 0 Å². The highest BCUT2D eigenvalue weighted by Crippen LogP contribution is 2.36. The molecule has 0 bridgehead atoms. The third-order valence-corrected chi connectivity index (χ3v) is 1.91. The molecule has 0 aliphatic carbocycles. The molecule has 16 heavy (non-hydrogen) atoms. The first-order valence-corrected chi connectivity index (χ1v) is 4.03. The maximum atomic E-state index is 12.2. The monoisotopic (exact) mass is 236 g/mol. The van der Waals surface area contributed by atoms with Crippen LogP contribution in [-0.2, 0) is 0 Å². The van der Waals surface area contributed by atoms with Crippen LogP contribution in [0.15, 0.2) is 18.2 Å². The number of halogens is 3. The summed E-state index contributed by atoms with van der Waals surface area (Å²) < 4.78 is 36.7. The lowest BCUT2D eigenvalue weighted by Crippen LogP contribution is -2.28. The highest BCUT2D eigenvalue weighted by Gasteiger charge is 2.39. The van der Waals surface area contributed by atoms with E-state index in [1.165, 1.54) is 0 Å². The lowest BCUT2D eigenvalue weighted by atomic mass is 10.1. The van der Waals surface area contributed by atoms with Crippen LogP contribution < -0.4 is 5.73 Å². The van der Waals surface area contributed by atoms with Gasteiger partial charge in [-0.3, -0.25) is 10.1 Å². The fraction of sp³-hybridized carbons (Fsp3) is 0.250. The third-order valence-electron chi connectivity index (χ3n) is 1.91. The van der Waals surface area contributed by atoms with Gasteiger partial charge in [0.05, 0.1) is 4.92 Å². The number of rotatable bonds is 2. The molecule has 1 atom stereocenters. The predicted octanol–water partition coefficient (Wildman–Crippen LogP) is 1.86. The molecular formula is C8H7F3N2O3. The molecule has 3 N–H and O–H groups in total. The zero-order valence-corrected chi connectivity index (χ0v) is 7.73.